The van der Waals surface area contributed by atoms with Crippen molar-refractivity contribution in [2.75, 3.05) is 6.54 Å². The number of carbonyl (C=O) groups excluding carboxylic acids is 1. The lowest BCUT2D eigenvalue weighted by atomic mass is 9.96. The molecular formula is C16H18N4O. The smallest absolute Gasteiger partial charge is 0.251 e. The first-order chi connectivity index (χ1) is 10.3. The monoisotopic (exact) mass is 282 g/mol. The van der Waals surface area contributed by atoms with Crippen LogP contribution in [0.5, 0.6) is 0 Å². The van der Waals surface area contributed by atoms with E-state index in [1.807, 2.05) is 13.1 Å². The average Bonchev–Trinajstić information content (AvgIpc) is 2.54. The molecule has 0 aliphatic carbocycles. The molecular weight excluding hydrogens is 264 g/mol. The quantitative estimate of drug-likeness (QED) is 0.892. The van der Waals surface area contributed by atoms with E-state index in [0.717, 1.165) is 30.8 Å². The van der Waals surface area contributed by atoms with E-state index in [0.29, 0.717) is 12.1 Å². The van der Waals surface area contributed by atoms with Crippen molar-refractivity contribution in [1.82, 2.24) is 20.6 Å². The highest BCUT2D eigenvalue weighted by Crippen LogP contribution is 2.20. The van der Waals surface area contributed by atoms with E-state index in [1.54, 1.807) is 24.5 Å². The summed E-state index contributed by atoms with van der Waals surface area (Å²) in [6.07, 6.45) is 6.17. The molecule has 1 amide bonds. The van der Waals surface area contributed by atoms with Gasteiger partial charge in [0.25, 0.3) is 5.91 Å². The van der Waals surface area contributed by atoms with Crippen LogP contribution in [0.1, 0.15) is 32.7 Å². The van der Waals surface area contributed by atoms with Crippen LogP contribution in [0.2, 0.25) is 0 Å². The van der Waals surface area contributed by atoms with Crippen molar-refractivity contribution in [2.24, 2.45) is 0 Å². The average molecular weight is 282 g/mol. The van der Waals surface area contributed by atoms with Crippen LogP contribution in [0.3, 0.4) is 0 Å². The van der Waals surface area contributed by atoms with Gasteiger partial charge < -0.3 is 10.6 Å². The van der Waals surface area contributed by atoms with Crippen molar-refractivity contribution in [3.05, 3.63) is 58.7 Å². The Kier molecular flexibility index (Phi) is 3.92. The summed E-state index contributed by atoms with van der Waals surface area (Å²) in [4.78, 5) is 20.5. The fraction of sp³-hybridized carbons (Fsp3) is 0.312. The van der Waals surface area contributed by atoms with Gasteiger partial charge in [0.1, 0.15) is 0 Å². The highest BCUT2D eigenvalue weighted by atomic mass is 16.1. The predicted molar refractivity (Wildman–Crippen MR) is 79.8 cm³/mol. The molecule has 0 saturated carbocycles. The Balaban J connectivity index is 1.78. The molecule has 5 heteroatoms. The molecule has 1 aliphatic heterocycles. The largest absolute Gasteiger partial charge is 0.348 e. The van der Waals surface area contributed by atoms with Crippen molar-refractivity contribution >= 4 is 5.91 Å². The van der Waals surface area contributed by atoms with Crippen LogP contribution in [0, 0.1) is 6.92 Å². The van der Waals surface area contributed by atoms with Gasteiger partial charge in [-0.25, -0.2) is 0 Å². The number of carbonyl (C=O) groups is 1. The normalized spacial score (nSPS) is 13.6. The van der Waals surface area contributed by atoms with E-state index in [4.69, 9.17) is 0 Å². The molecule has 21 heavy (non-hydrogen) atoms. The Morgan fingerprint density at radius 1 is 1.38 bits per heavy atom. The summed E-state index contributed by atoms with van der Waals surface area (Å²) < 4.78 is 0. The molecule has 0 aromatic carbocycles. The molecule has 0 radical (unpaired) electrons. The zero-order valence-corrected chi connectivity index (χ0v) is 12.0. The summed E-state index contributed by atoms with van der Waals surface area (Å²) in [5.74, 6) is -0.0802. The lowest BCUT2D eigenvalue weighted by Crippen LogP contribution is -2.28. The number of hydrogen-bond acceptors (Lipinski definition) is 4. The van der Waals surface area contributed by atoms with Crippen molar-refractivity contribution in [1.29, 1.82) is 0 Å². The molecule has 108 valence electrons. The number of amides is 1. The SMILES string of the molecule is Cc1ncc2c(c1CNC(=O)c1ccncc1)CCNC2. The number of rotatable bonds is 3. The van der Waals surface area contributed by atoms with Gasteiger partial charge in [0.05, 0.1) is 0 Å². The maximum Gasteiger partial charge on any atom is 0.251 e. The van der Waals surface area contributed by atoms with Crippen LogP contribution in [-0.4, -0.2) is 22.4 Å². The second-order valence-corrected chi connectivity index (χ2v) is 5.17. The van der Waals surface area contributed by atoms with Gasteiger partial charge in [0.2, 0.25) is 0 Å². The minimum Gasteiger partial charge on any atom is -0.348 e. The van der Waals surface area contributed by atoms with Crippen LogP contribution >= 0.6 is 0 Å². The van der Waals surface area contributed by atoms with Gasteiger partial charge in [-0.2, -0.15) is 0 Å². The maximum atomic E-state index is 12.1. The van der Waals surface area contributed by atoms with Crippen molar-refractivity contribution in [3.63, 3.8) is 0 Å². The number of pyridine rings is 2. The molecule has 0 fully saturated rings. The van der Waals surface area contributed by atoms with Crippen LogP contribution in [0.4, 0.5) is 0 Å². The molecule has 5 nitrogen and oxygen atoms in total. The number of fused-ring (bicyclic) bond motifs is 1. The van der Waals surface area contributed by atoms with Gasteiger partial charge in [-0.1, -0.05) is 0 Å². The van der Waals surface area contributed by atoms with E-state index in [-0.39, 0.29) is 5.91 Å². The molecule has 0 unspecified atom stereocenters. The second-order valence-electron chi connectivity index (χ2n) is 5.17. The molecule has 0 spiro atoms. The fourth-order valence-corrected chi connectivity index (χ4v) is 2.65. The van der Waals surface area contributed by atoms with Crippen LogP contribution in [0.25, 0.3) is 0 Å². The Hall–Kier alpha value is -2.27. The highest BCUT2D eigenvalue weighted by Gasteiger charge is 2.16. The topological polar surface area (TPSA) is 66.9 Å². The summed E-state index contributed by atoms with van der Waals surface area (Å²) >= 11 is 0. The lowest BCUT2D eigenvalue weighted by Gasteiger charge is -2.21. The van der Waals surface area contributed by atoms with E-state index in [1.165, 1.54) is 11.1 Å². The molecule has 0 bridgehead atoms. The molecule has 3 rings (SSSR count). The Bertz CT molecular complexity index is 655. The molecule has 2 N–H and O–H groups in total. The van der Waals surface area contributed by atoms with Crippen LogP contribution in [0.15, 0.2) is 30.7 Å². The standard InChI is InChI=1S/C16H18N4O/c1-11-15(14-4-7-18-8-13(14)9-19-11)10-20-16(21)12-2-5-17-6-3-12/h2-3,5-6,9,18H,4,7-8,10H2,1H3,(H,20,21). The highest BCUT2D eigenvalue weighted by molar-refractivity contribution is 5.93. The molecule has 2 aromatic rings. The lowest BCUT2D eigenvalue weighted by molar-refractivity contribution is 0.0950. The third kappa shape index (κ3) is 2.92. The third-order valence-corrected chi connectivity index (χ3v) is 3.84. The summed E-state index contributed by atoms with van der Waals surface area (Å²) in [7, 11) is 0. The van der Waals surface area contributed by atoms with Gasteiger partial charge in [-0.15, -0.1) is 0 Å². The Morgan fingerprint density at radius 3 is 3.00 bits per heavy atom. The molecule has 0 atom stereocenters. The van der Waals surface area contributed by atoms with Crippen LogP contribution in [-0.2, 0) is 19.5 Å². The summed E-state index contributed by atoms with van der Waals surface area (Å²) in [6.45, 7) is 4.34. The van der Waals surface area contributed by atoms with Gasteiger partial charge in [-0.05, 0) is 48.7 Å². The Morgan fingerprint density at radius 2 is 2.19 bits per heavy atom. The minimum absolute atomic E-state index is 0.0802. The zero-order valence-electron chi connectivity index (χ0n) is 12.0. The molecule has 3 heterocycles. The van der Waals surface area contributed by atoms with Gasteiger partial charge in [0.15, 0.2) is 0 Å². The van der Waals surface area contributed by atoms with E-state index in [2.05, 4.69) is 20.6 Å². The number of aromatic nitrogens is 2. The zero-order chi connectivity index (χ0) is 14.7. The molecule has 1 aliphatic rings. The van der Waals surface area contributed by atoms with E-state index >= 15 is 0 Å². The number of aryl methyl sites for hydroxylation is 1. The fourth-order valence-electron chi connectivity index (χ4n) is 2.65. The number of nitrogens with zero attached hydrogens (tertiary/aromatic N) is 2. The summed E-state index contributed by atoms with van der Waals surface area (Å²) in [6, 6.07) is 3.43. The van der Waals surface area contributed by atoms with Crippen molar-refractivity contribution in [2.45, 2.75) is 26.4 Å². The van der Waals surface area contributed by atoms with Gasteiger partial charge in [0, 0.05) is 42.9 Å². The minimum atomic E-state index is -0.0802. The summed E-state index contributed by atoms with van der Waals surface area (Å²) in [5, 5.41) is 6.32. The third-order valence-electron chi connectivity index (χ3n) is 3.84. The van der Waals surface area contributed by atoms with Gasteiger partial charge in [-0.3, -0.25) is 14.8 Å². The first kappa shape index (κ1) is 13.7. The first-order valence-electron chi connectivity index (χ1n) is 7.11. The number of nitrogens with one attached hydrogen (secondary N) is 2. The van der Waals surface area contributed by atoms with E-state index < -0.39 is 0 Å². The predicted octanol–water partition coefficient (Wildman–Crippen LogP) is 1.36. The van der Waals surface area contributed by atoms with Crippen LogP contribution < -0.4 is 10.6 Å². The number of hydrogen-bond donors (Lipinski definition) is 2. The van der Waals surface area contributed by atoms with Crippen molar-refractivity contribution in [3.8, 4) is 0 Å². The molecule has 2 aromatic heterocycles. The van der Waals surface area contributed by atoms with Gasteiger partial charge >= 0.3 is 0 Å². The maximum absolute atomic E-state index is 12.1. The second kappa shape index (κ2) is 6.01. The summed E-state index contributed by atoms with van der Waals surface area (Å²) in [5.41, 5.74) is 5.33. The van der Waals surface area contributed by atoms with Crippen molar-refractivity contribution < 1.29 is 4.79 Å². The molecule has 0 saturated heterocycles. The first-order valence-corrected chi connectivity index (χ1v) is 7.11. The Labute approximate surface area is 123 Å². The van der Waals surface area contributed by atoms with E-state index in [9.17, 15) is 4.79 Å².